The number of halogens is 1. The van der Waals surface area contributed by atoms with Gasteiger partial charge in [0.25, 0.3) is 10.2 Å². The molecule has 7 nitrogen and oxygen atoms in total. The zero-order valence-electron chi connectivity index (χ0n) is 17.0. The van der Waals surface area contributed by atoms with Gasteiger partial charge in [-0.25, -0.2) is 4.68 Å². The molecule has 0 N–H and O–H groups in total. The highest BCUT2D eigenvalue weighted by Crippen LogP contribution is 2.38. The summed E-state index contributed by atoms with van der Waals surface area (Å²) in [6, 6.07) is 15.2. The summed E-state index contributed by atoms with van der Waals surface area (Å²) in [4.78, 5) is 0. The quantitative estimate of drug-likeness (QED) is 0.578. The van der Waals surface area contributed by atoms with Crippen molar-refractivity contribution in [3.05, 3.63) is 64.8 Å². The van der Waals surface area contributed by atoms with Crippen LogP contribution in [0.3, 0.4) is 0 Å². The van der Waals surface area contributed by atoms with E-state index in [9.17, 15) is 8.42 Å². The van der Waals surface area contributed by atoms with Crippen LogP contribution in [0.2, 0.25) is 5.02 Å². The number of aromatic nitrogens is 2. The number of rotatable bonds is 6. The Balaban J connectivity index is 1.88. The van der Waals surface area contributed by atoms with Crippen molar-refractivity contribution in [2.24, 2.45) is 0 Å². The zero-order chi connectivity index (χ0) is 21.5. The van der Waals surface area contributed by atoms with Crippen LogP contribution in [0.15, 0.2) is 48.5 Å². The Bertz CT molecular complexity index is 1170. The molecule has 3 aromatic rings. The first-order chi connectivity index (χ1) is 14.3. The molecule has 0 spiro atoms. The molecule has 2 aromatic carbocycles. The lowest BCUT2D eigenvalue weighted by Crippen LogP contribution is -2.36. The average Bonchev–Trinajstić information content (AvgIpc) is 3.28. The summed E-state index contributed by atoms with van der Waals surface area (Å²) < 4.78 is 35.6. The topological polar surface area (TPSA) is 67.7 Å². The van der Waals surface area contributed by atoms with Gasteiger partial charge < -0.3 is 4.74 Å². The van der Waals surface area contributed by atoms with E-state index in [1.807, 2.05) is 60.1 Å². The molecule has 158 valence electrons. The summed E-state index contributed by atoms with van der Waals surface area (Å²) in [6.45, 7) is 2.94. The highest BCUT2D eigenvalue weighted by Gasteiger charge is 2.36. The van der Waals surface area contributed by atoms with Crippen molar-refractivity contribution >= 4 is 21.8 Å². The second-order valence-electron chi connectivity index (χ2n) is 7.15. The maximum absolute atomic E-state index is 12.7. The highest BCUT2D eigenvalue weighted by atomic mass is 35.5. The number of hydrogen-bond acceptors (Lipinski definition) is 4. The van der Waals surface area contributed by atoms with Crippen molar-refractivity contribution in [1.29, 1.82) is 0 Å². The molecule has 2 heterocycles. The molecule has 0 saturated heterocycles. The summed E-state index contributed by atoms with van der Waals surface area (Å²) in [7, 11) is -0.478. The first kappa shape index (κ1) is 20.9. The molecule has 0 bridgehead atoms. The molecule has 1 aliphatic rings. The number of hydrogen-bond donors (Lipinski definition) is 0. The summed E-state index contributed by atoms with van der Waals surface area (Å²) in [5.41, 5.74) is 4.17. The van der Waals surface area contributed by atoms with Crippen LogP contribution in [-0.2, 0) is 23.3 Å². The minimum atomic E-state index is -3.54. The van der Waals surface area contributed by atoms with Crippen LogP contribution in [0.5, 0.6) is 5.75 Å². The molecule has 0 atom stereocenters. The third kappa shape index (κ3) is 3.60. The van der Waals surface area contributed by atoms with Gasteiger partial charge in [0.1, 0.15) is 11.4 Å². The lowest BCUT2D eigenvalue weighted by Gasteiger charge is -2.21. The van der Waals surface area contributed by atoms with Crippen molar-refractivity contribution in [2.75, 3.05) is 20.7 Å². The second kappa shape index (κ2) is 8.03. The van der Waals surface area contributed by atoms with Gasteiger partial charge in [-0.1, -0.05) is 35.9 Å². The largest absolute Gasteiger partial charge is 0.492 e. The van der Waals surface area contributed by atoms with Crippen LogP contribution in [-0.4, -0.2) is 47.5 Å². The summed E-state index contributed by atoms with van der Waals surface area (Å²) in [5, 5.41) is 5.44. The van der Waals surface area contributed by atoms with Crippen LogP contribution in [0.1, 0.15) is 18.2 Å². The van der Waals surface area contributed by atoms with Crippen LogP contribution in [0.25, 0.3) is 16.9 Å². The first-order valence-corrected chi connectivity index (χ1v) is 11.4. The lowest BCUT2D eigenvalue weighted by molar-refractivity contribution is 0.338. The van der Waals surface area contributed by atoms with E-state index in [1.165, 1.54) is 22.7 Å². The van der Waals surface area contributed by atoms with Crippen LogP contribution < -0.4 is 4.74 Å². The fourth-order valence-corrected chi connectivity index (χ4v) is 4.74. The van der Waals surface area contributed by atoms with Gasteiger partial charge in [-0.2, -0.15) is 22.1 Å². The fourth-order valence-electron chi connectivity index (χ4n) is 3.57. The molecule has 0 aliphatic carbocycles. The summed E-state index contributed by atoms with van der Waals surface area (Å²) in [5.74, 6) is 0.717. The Labute approximate surface area is 181 Å². The van der Waals surface area contributed by atoms with E-state index >= 15 is 0 Å². The molecule has 4 rings (SSSR count). The van der Waals surface area contributed by atoms with Crippen molar-refractivity contribution < 1.29 is 13.2 Å². The molecule has 0 unspecified atom stereocenters. The molecular weight excluding hydrogens is 424 g/mol. The first-order valence-electron chi connectivity index (χ1n) is 9.59. The van der Waals surface area contributed by atoms with Crippen LogP contribution >= 0.6 is 11.6 Å². The van der Waals surface area contributed by atoms with Gasteiger partial charge in [0.05, 0.1) is 24.5 Å². The number of benzene rings is 2. The zero-order valence-corrected chi connectivity index (χ0v) is 18.6. The molecule has 1 aromatic heterocycles. The molecule has 0 radical (unpaired) electrons. The van der Waals surface area contributed by atoms with E-state index in [4.69, 9.17) is 21.4 Å². The van der Waals surface area contributed by atoms with E-state index in [2.05, 4.69) is 0 Å². The van der Waals surface area contributed by atoms with Crippen molar-refractivity contribution in [2.45, 2.75) is 20.0 Å². The third-order valence-corrected chi connectivity index (χ3v) is 7.11. The number of ether oxygens (including phenoxy) is 1. The summed E-state index contributed by atoms with van der Waals surface area (Å²) in [6.07, 6.45) is 0. The van der Waals surface area contributed by atoms with Gasteiger partial charge in [-0.15, -0.1) is 0 Å². The minimum absolute atomic E-state index is 0.222. The monoisotopic (exact) mass is 446 g/mol. The van der Waals surface area contributed by atoms with Crippen LogP contribution in [0.4, 0.5) is 0 Å². The Morgan fingerprint density at radius 3 is 2.47 bits per heavy atom. The Hall–Kier alpha value is -2.39. The van der Waals surface area contributed by atoms with Gasteiger partial charge in [0.2, 0.25) is 0 Å². The Morgan fingerprint density at radius 1 is 1.10 bits per heavy atom. The summed E-state index contributed by atoms with van der Waals surface area (Å²) >= 11 is 6.10. The van der Waals surface area contributed by atoms with E-state index in [-0.39, 0.29) is 13.1 Å². The van der Waals surface area contributed by atoms with Crippen molar-refractivity contribution in [1.82, 2.24) is 18.4 Å². The van der Waals surface area contributed by atoms with E-state index in [0.717, 1.165) is 28.2 Å². The van der Waals surface area contributed by atoms with Gasteiger partial charge >= 0.3 is 0 Å². The smallest absolute Gasteiger partial charge is 0.282 e. The Morgan fingerprint density at radius 2 is 1.80 bits per heavy atom. The van der Waals surface area contributed by atoms with Crippen LogP contribution in [0, 0.1) is 0 Å². The molecular formula is C21H23ClN4O3S. The molecule has 0 saturated carbocycles. The number of nitrogens with zero attached hydrogens (tertiary/aromatic N) is 4. The molecule has 0 amide bonds. The normalized spacial score (nSPS) is 14.3. The standard InChI is InChI=1S/C21H23ClN4O3S/c1-4-29-20-8-6-5-7-19(20)26-21(15-9-11-16(22)12-10-15)17-13-25(14-18(17)23-26)30(27,28)24(2)3/h5-12H,4,13-14H2,1-3H3. The lowest BCUT2D eigenvalue weighted by atomic mass is 10.1. The average molecular weight is 447 g/mol. The molecule has 0 fully saturated rings. The molecule has 1 aliphatic heterocycles. The number of fused-ring (bicyclic) bond motifs is 1. The maximum Gasteiger partial charge on any atom is 0.282 e. The van der Waals surface area contributed by atoms with Crippen molar-refractivity contribution in [3.63, 3.8) is 0 Å². The van der Waals surface area contributed by atoms with Crippen molar-refractivity contribution in [3.8, 4) is 22.7 Å². The van der Waals surface area contributed by atoms with E-state index in [0.29, 0.717) is 17.4 Å². The number of para-hydroxylation sites is 2. The highest BCUT2D eigenvalue weighted by molar-refractivity contribution is 7.86. The molecule has 9 heteroatoms. The van der Waals surface area contributed by atoms with Gasteiger partial charge in [0.15, 0.2) is 0 Å². The van der Waals surface area contributed by atoms with Gasteiger partial charge in [0, 0.05) is 36.8 Å². The SMILES string of the molecule is CCOc1ccccc1-n1nc2c(c1-c1ccc(Cl)cc1)CN(S(=O)(=O)N(C)C)C2. The predicted octanol–water partition coefficient (Wildman–Crippen LogP) is 3.71. The van der Waals surface area contributed by atoms with Gasteiger partial charge in [-0.05, 0) is 31.2 Å². The third-order valence-electron chi connectivity index (χ3n) is 5.03. The predicted molar refractivity (Wildman–Crippen MR) is 117 cm³/mol. The van der Waals surface area contributed by atoms with E-state index in [1.54, 1.807) is 0 Å². The maximum atomic E-state index is 12.7. The van der Waals surface area contributed by atoms with E-state index < -0.39 is 10.2 Å². The Kier molecular flexibility index (Phi) is 5.59. The fraction of sp³-hybridized carbons (Fsp3) is 0.286. The second-order valence-corrected chi connectivity index (χ2v) is 9.73. The minimum Gasteiger partial charge on any atom is -0.492 e. The van der Waals surface area contributed by atoms with Gasteiger partial charge in [-0.3, -0.25) is 0 Å². The molecule has 30 heavy (non-hydrogen) atoms.